The third-order valence-corrected chi connectivity index (χ3v) is 3.08. The van der Waals surface area contributed by atoms with Gasteiger partial charge in [0.05, 0.1) is 10.5 Å². The molecule has 2 rings (SSSR count). The minimum atomic E-state index is -0.705. The Morgan fingerprint density at radius 2 is 2.00 bits per heavy atom. The lowest BCUT2D eigenvalue weighted by atomic mass is 10.1. The van der Waals surface area contributed by atoms with Crippen molar-refractivity contribution in [2.75, 3.05) is 18.0 Å². The molecule has 0 N–H and O–H groups in total. The summed E-state index contributed by atoms with van der Waals surface area (Å²) in [5.41, 5.74) is -0.214. The Labute approximate surface area is 104 Å². The van der Waals surface area contributed by atoms with E-state index in [1.165, 1.54) is 0 Å². The van der Waals surface area contributed by atoms with Gasteiger partial charge in [0, 0.05) is 25.2 Å². The average molecular weight is 249 g/mol. The first-order valence-corrected chi connectivity index (χ1v) is 5.76. The lowest BCUT2D eigenvalue weighted by Gasteiger charge is -2.28. The fourth-order valence-electron chi connectivity index (χ4n) is 2.17. The summed E-state index contributed by atoms with van der Waals surface area (Å²) in [6.07, 6.45) is 2.97. The molecular formula is C12H12FN3O2. The predicted octanol–water partition coefficient (Wildman–Crippen LogP) is 2.60. The number of hydrogen-bond acceptors (Lipinski definition) is 4. The van der Waals surface area contributed by atoms with Gasteiger partial charge in [0.2, 0.25) is 0 Å². The number of nitro benzene ring substituents is 1. The van der Waals surface area contributed by atoms with Gasteiger partial charge in [0.25, 0.3) is 5.69 Å². The molecule has 1 fully saturated rings. The molecule has 0 saturated carbocycles. The first-order valence-electron chi connectivity index (χ1n) is 5.76. The van der Waals surface area contributed by atoms with Gasteiger partial charge in [-0.05, 0) is 19.3 Å². The Kier molecular flexibility index (Phi) is 3.42. The molecule has 0 unspecified atom stereocenters. The lowest BCUT2D eigenvalue weighted by molar-refractivity contribution is -0.384. The van der Waals surface area contributed by atoms with Crippen molar-refractivity contribution >= 4 is 11.4 Å². The third kappa shape index (κ3) is 2.25. The van der Waals surface area contributed by atoms with E-state index in [-0.39, 0.29) is 16.9 Å². The number of nitriles is 1. The van der Waals surface area contributed by atoms with Crippen molar-refractivity contribution in [3.05, 3.63) is 33.6 Å². The molecule has 0 radical (unpaired) electrons. The highest BCUT2D eigenvalue weighted by Crippen LogP contribution is 2.32. The normalized spacial score (nSPS) is 15.2. The van der Waals surface area contributed by atoms with Gasteiger partial charge in [-0.25, -0.2) is 4.39 Å². The summed E-state index contributed by atoms with van der Waals surface area (Å²) in [7, 11) is 0. The van der Waals surface area contributed by atoms with Crippen LogP contribution in [-0.2, 0) is 0 Å². The third-order valence-electron chi connectivity index (χ3n) is 3.08. The fraction of sp³-hybridized carbons (Fsp3) is 0.417. The van der Waals surface area contributed by atoms with E-state index in [1.807, 2.05) is 4.90 Å². The summed E-state index contributed by atoms with van der Waals surface area (Å²) in [6, 6.07) is 3.74. The Balaban J connectivity index is 2.47. The van der Waals surface area contributed by atoms with Crippen molar-refractivity contribution in [3.8, 4) is 6.07 Å². The fourth-order valence-corrected chi connectivity index (χ4v) is 2.17. The zero-order valence-electron chi connectivity index (χ0n) is 9.73. The highest BCUT2D eigenvalue weighted by molar-refractivity contribution is 5.66. The smallest absolute Gasteiger partial charge is 0.294 e. The van der Waals surface area contributed by atoms with E-state index in [0.717, 1.165) is 31.4 Å². The van der Waals surface area contributed by atoms with E-state index in [9.17, 15) is 14.5 Å². The Bertz CT molecular complexity index is 519. The molecule has 0 bridgehead atoms. The van der Waals surface area contributed by atoms with Crippen LogP contribution in [0.3, 0.4) is 0 Å². The van der Waals surface area contributed by atoms with Crippen molar-refractivity contribution < 1.29 is 9.31 Å². The van der Waals surface area contributed by atoms with Crippen LogP contribution in [-0.4, -0.2) is 18.0 Å². The molecule has 18 heavy (non-hydrogen) atoms. The zero-order valence-corrected chi connectivity index (χ0v) is 9.73. The second-order valence-electron chi connectivity index (χ2n) is 4.24. The van der Waals surface area contributed by atoms with Crippen molar-refractivity contribution in [2.45, 2.75) is 19.3 Å². The van der Waals surface area contributed by atoms with E-state index in [4.69, 9.17) is 5.26 Å². The van der Waals surface area contributed by atoms with Crippen LogP contribution in [0, 0.1) is 27.3 Å². The molecule has 1 aliphatic rings. The second kappa shape index (κ2) is 5.00. The Morgan fingerprint density at radius 3 is 2.56 bits per heavy atom. The molecule has 1 aromatic carbocycles. The molecule has 0 aliphatic carbocycles. The molecule has 0 aromatic heterocycles. The highest BCUT2D eigenvalue weighted by atomic mass is 19.1. The number of anilines is 1. The molecule has 5 nitrogen and oxygen atoms in total. The van der Waals surface area contributed by atoms with Crippen molar-refractivity contribution in [1.82, 2.24) is 0 Å². The van der Waals surface area contributed by atoms with Crippen LogP contribution in [0.25, 0.3) is 0 Å². The van der Waals surface area contributed by atoms with Crippen LogP contribution in [0.4, 0.5) is 15.8 Å². The van der Waals surface area contributed by atoms with E-state index in [2.05, 4.69) is 0 Å². The number of halogens is 1. The SMILES string of the molecule is N#Cc1cc([N+](=O)[O-])c(N2CCCCC2)cc1F. The summed E-state index contributed by atoms with van der Waals surface area (Å²) < 4.78 is 13.6. The van der Waals surface area contributed by atoms with Crippen LogP contribution in [0.5, 0.6) is 0 Å². The molecular weight excluding hydrogens is 237 g/mol. The molecule has 1 heterocycles. The quantitative estimate of drug-likeness (QED) is 0.596. The first kappa shape index (κ1) is 12.3. The minimum absolute atomic E-state index is 0.199. The van der Waals surface area contributed by atoms with Gasteiger partial charge in [-0.15, -0.1) is 0 Å². The number of nitro groups is 1. The van der Waals surface area contributed by atoms with Gasteiger partial charge in [0.15, 0.2) is 0 Å². The van der Waals surface area contributed by atoms with Gasteiger partial charge in [-0.2, -0.15) is 5.26 Å². The van der Waals surface area contributed by atoms with Crippen molar-refractivity contribution in [3.63, 3.8) is 0 Å². The Hall–Kier alpha value is -2.16. The van der Waals surface area contributed by atoms with Crippen LogP contribution < -0.4 is 4.90 Å². The van der Waals surface area contributed by atoms with E-state index in [1.54, 1.807) is 6.07 Å². The highest BCUT2D eigenvalue weighted by Gasteiger charge is 2.24. The van der Waals surface area contributed by atoms with Gasteiger partial charge < -0.3 is 4.90 Å². The molecule has 0 amide bonds. The van der Waals surface area contributed by atoms with Gasteiger partial charge in [-0.1, -0.05) is 0 Å². The van der Waals surface area contributed by atoms with Gasteiger partial charge in [-0.3, -0.25) is 10.1 Å². The molecule has 1 aliphatic heterocycles. The summed E-state index contributed by atoms with van der Waals surface area (Å²) in [4.78, 5) is 12.2. The summed E-state index contributed by atoms with van der Waals surface area (Å²) in [5, 5.41) is 19.7. The number of hydrogen-bond donors (Lipinski definition) is 0. The molecule has 1 saturated heterocycles. The lowest BCUT2D eigenvalue weighted by Crippen LogP contribution is -2.30. The molecule has 0 spiro atoms. The van der Waals surface area contributed by atoms with E-state index in [0.29, 0.717) is 13.1 Å². The molecule has 94 valence electrons. The largest absolute Gasteiger partial charge is 0.366 e. The zero-order chi connectivity index (χ0) is 13.1. The standard InChI is InChI=1S/C12H12FN3O2/c13-10-7-11(15-4-2-1-3-5-15)12(16(17)18)6-9(10)8-14/h6-7H,1-5H2. The predicted molar refractivity (Wildman–Crippen MR) is 63.8 cm³/mol. The number of piperidine rings is 1. The van der Waals surface area contributed by atoms with Crippen LogP contribution in [0.15, 0.2) is 12.1 Å². The van der Waals surface area contributed by atoms with E-state index >= 15 is 0 Å². The van der Waals surface area contributed by atoms with Gasteiger partial charge >= 0.3 is 0 Å². The first-order chi connectivity index (χ1) is 8.63. The summed E-state index contributed by atoms with van der Waals surface area (Å²) >= 11 is 0. The van der Waals surface area contributed by atoms with Crippen LogP contribution in [0.1, 0.15) is 24.8 Å². The molecule has 6 heteroatoms. The number of benzene rings is 1. The molecule has 0 atom stereocenters. The Morgan fingerprint density at radius 1 is 1.33 bits per heavy atom. The maximum absolute atomic E-state index is 13.6. The maximum Gasteiger partial charge on any atom is 0.294 e. The summed E-state index contributed by atoms with van der Waals surface area (Å²) in [5.74, 6) is -0.705. The second-order valence-corrected chi connectivity index (χ2v) is 4.24. The number of rotatable bonds is 2. The topological polar surface area (TPSA) is 70.2 Å². The minimum Gasteiger partial charge on any atom is -0.366 e. The van der Waals surface area contributed by atoms with Gasteiger partial charge in [0.1, 0.15) is 17.6 Å². The number of nitrogens with zero attached hydrogens (tertiary/aromatic N) is 3. The average Bonchev–Trinajstić information content (AvgIpc) is 2.39. The van der Waals surface area contributed by atoms with Crippen molar-refractivity contribution in [1.29, 1.82) is 5.26 Å². The molecule has 1 aromatic rings. The van der Waals surface area contributed by atoms with Crippen molar-refractivity contribution in [2.24, 2.45) is 0 Å². The maximum atomic E-state index is 13.6. The van der Waals surface area contributed by atoms with Crippen LogP contribution in [0.2, 0.25) is 0 Å². The van der Waals surface area contributed by atoms with E-state index < -0.39 is 10.7 Å². The summed E-state index contributed by atoms with van der Waals surface area (Å²) in [6.45, 7) is 1.37. The monoisotopic (exact) mass is 249 g/mol. The van der Waals surface area contributed by atoms with Crippen LogP contribution >= 0.6 is 0 Å².